The van der Waals surface area contributed by atoms with Gasteiger partial charge in [-0.25, -0.2) is 9.97 Å². The monoisotopic (exact) mass is 263 g/mol. The Morgan fingerprint density at radius 3 is 2.84 bits per heavy atom. The highest BCUT2D eigenvalue weighted by atomic mass is 16.5. The number of ether oxygens (including phenoxy) is 1. The highest BCUT2D eigenvalue weighted by Crippen LogP contribution is 2.22. The van der Waals surface area contributed by atoms with Crippen molar-refractivity contribution in [3.63, 3.8) is 0 Å². The molecule has 0 N–H and O–H groups in total. The van der Waals surface area contributed by atoms with Crippen LogP contribution in [0.1, 0.15) is 19.7 Å². The Hall–Kier alpha value is -1.69. The molecule has 0 amide bonds. The van der Waals surface area contributed by atoms with Crippen molar-refractivity contribution in [1.82, 2.24) is 19.7 Å². The van der Waals surface area contributed by atoms with E-state index >= 15 is 0 Å². The number of aryl methyl sites for hydroxylation is 2. The number of anilines is 1. The normalized spacial score (nSPS) is 12.9. The van der Waals surface area contributed by atoms with Crippen molar-refractivity contribution < 1.29 is 4.74 Å². The van der Waals surface area contributed by atoms with Crippen LogP contribution >= 0.6 is 0 Å². The van der Waals surface area contributed by atoms with Crippen molar-refractivity contribution in [3.05, 3.63) is 12.0 Å². The van der Waals surface area contributed by atoms with E-state index in [0.717, 1.165) is 35.8 Å². The Bertz CT molecular complexity index is 565. The van der Waals surface area contributed by atoms with Gasteiger partial charge >= 0.3 is 0 Å². The molecule has 0 fully saturated rings. The number of aromatic nitrogens is 4. The van der Waals surface area contributed by atoms with Gasteiger partial charge in [-0.15, -0.1) is 0 Å². The Morgan fingerprint density at radius 1 is 1.42 bits per heavy atom. The molecule has 0 bridgehead atoms. The molecule has 2 rings (SSSR count). The molecule has 0 aliphatic rings. The summed E-state index contributed by atoms with van der Waals surface area (Å²) >= 11 is 0. The predicted octanol–water partition coefficient (Wildman–Crippen LogP) is 1.53. The predicted molar refractivity (Wildman–Crippen MR) is 75.4 cm³/mol. The van der Waals surface area contributed by atoms with E-state index < -0.39 is 0 Å². The fourth-order valence-electron chi connectivity index (χ4n) is 2.21. The highest BCUT2D eigenvalue weighted by Gasteiger charge is 2.15. The van der Waals surface area contributed by atoms with Gasteiger partial charge in [0, 0.05) is 27.2 Å². The van der Waals surface area contributed by atoms with Gasteiger partial charge in [0.15, 0.2) is 5.65 Å². The molecule has 0 unspecified atom stereocenters. The zero-order valence-electron chi connectivity index (χ0n) is 12.2. The second-order valence-electron chi connectivity index (χ2n) is 4.75. The van der Waals surface area contributed by atoms with Gasteiger partial charge in [0.05, 0.1) is 17.7 Å². The van der Waals surface area contributed by atoms with Crippen molar-refractivity contribution in [2.75, 3.05) is 25.1 Å². The molecule has 0 saturated carbocycles. The molecule has 6 nitrogen and oxygen atoms in total. The maximum Gasteiger partial charge on any atom is 0.163 e. The highest BCUT2D eigenvalue weighted by molar-refractivity contribution is 5.86. The van der Waals surface area contributed by atoms with Gasteiger partial charge in [-0.3, -0.25) is 4.68 Å². The topological polar surface area (TPSA) is 56.1 Å². The van der Waals surface area contributed by atoms with E-state index in [9.17, 15) is 0 Å². The number of nitrogens with zero attached hydrogens (tertiary/aromatic N) is 5. The molecule has 0 saturated heterocycles. The molecule has 2 heterocycles. The summed E-state index contributed by atoms with van der Waals surface area (Å²) in [5.41, 5.74) is 0.860. The molecular weight excluding hydrogens is 242 g/mol. The maximum atomic E-state index is 5.58. The van der Waals surface area contributed by atoms with Gasteiger partial charge in [-0.1, -0.05) is 0 Å². The summed E-state index contributed by atoms with van der Waals surface area (Å²) in [5, 5.41) is 5.22. The Balaban J connectivity index is 2.33. The molecular formula is C13H21N5O. The molecule has 2 aromatic heterocycles. The molecule has 0 aromatic carbocycles. The standard InChI is InChI=1S/C13H21N5O/c1-6-19-9(2)8-17(4)12-11-7-14-18(5)13(11)16-10(3)15-12/h7,9H,6,8H2,1-5H3/t9-/m0/s1. The lowest BCUT2D eigenvalue weighted by Gasteiger charge is -2.23. The minimum Gasteiger partial charge on any atom is -0.377 e. The third kappa shape index (κ3) is 2.84. The molecule has 2 aromatic rings. The summed E-state index contributed by atoms with van der Waals surface area (Å²) in [5.74, 6) is 1.66. The van der Waals surface area contributed by atoms with Gasteiger partial charge in [0.25, 0.3) is 0 Å². The fraction of sp³-hybridized carbons (Fsp3) is 0.615. The minimum absolute atomic E-state index is 0.164. The number of likely N-dealkylation sites (N-methyl/N-ethyl adjacent to an activating group) is 1. The van der Waals surface area contributed by atoms with E-state index in [1.54, 1.807) is 4.68 Å². The first kappa shape index (κ1) is 13.7. The van der Waals surface area contributed by atoms with E-state index in [4.69, 9.17) is 4.74 Å². The van der Waals surface area contributed by atoms with E-state index in [1.807, 2.05) is 34.1 Å². The average Bonchev–Trinajstić information content (AvgIpc) is 2.70. The second kappa shape index (κ2) is 5.52. The largest absolute Gasteiger partial charge is 0.377 e. The molecule has 0 aliphatic carbocycles. The first-order valence-electron chi connectivity index (χ1n) is 6.52. The minimum atomic E-state index is 0.164. The SMILES string of the molecule is CCO[C@@H](C)CN(C)c1nc(C)nc2c1cnn2C. The average molecular weight is 263 g/mol. The van der Waals surface area contributed by atoms with Crippen molar-refractivity contribution >= 4 is 16.9 Å². The molecule has 0 spiro atoms. The van der Waals surface area contributed by atoms with Crippen LogP contribution in [-0.4, -0.2) is 46.1 Å². The number of fused-ring (bicyclic) bond motifs is 1. The lowest BCUT2D eigenvalue weighted by Crippen LogP contribution is -2.30. The fourth-order valence-corrected chi connectivity index (χ4v) is 2.21. The number of hydrogen-bond donors (Lipinski definition) is 0. The number of rotatable bonds is 5. The van der Waals surface area contributed by atoms with Gasteiger partial charge in [0.2, 0.25) is 0 Å². The summed E-state index contributed by atoms with van der Waals surface area (Å²) in [6, 6.07) is 0. The lowest BCUT2D eigenvalue weighted by molar-refractivity contribution is 0.0817. The summed E-state index contributed by atoms with van der Waals surface area (Å²) in [7, 11) is 3.91. The first-order valence-corrected chi connectivity index (χ1v) is 6.52. The smallest absolute Gasteiger partial charge is 0.163 e. The van der Waals surface area contributed by atoms with Gasteiger partial charge in [0.1, 0.15) is 11.6 Å². The third-order valence-corrected chi connectivity index (χ3v) is 3.03. The summed E-state index contributed by atoms with van der Waals surface area (Å²) in [4.78, 5) is 11.1. The van der Waals surface area contributed by atoms with Crippen molar-refractivity contribution in [2.45, 2.75) is 26.9 Å². The van der Waals surface area contributed by atoms with Gasteiger partial charge in [-0.2, -0.15) is 5.10 Å². The van der Waals surface area contributed by atoms with Crippen LogP contribution in [0.25, 0.3) is 11.0 Å². The van der Waals surface area contributed by atoms with Crippen LogP contribution in [0.15, 0.2) is 6.20 Å². The van der Waals surface area contributed by atoms with E-state index in [0.29, 0.717) is 0 Å². The summed E-state index contributed by atoms with van der Waals surface area (Å²) in [6.07, 6.45) is 1.98. The quantitative estimate of drug-likeness (QED) is 0.819. The van der Waals surface area contributed by atoms with Gasteiger partial charge < -0.3 is 9.64 Å². The van der Waals surface area contributed by atoms with Crippen LogP contribution in [0.3, 0.4) is 0 Å². The van der Waals surface area contributed by atoms with Crippen LogP contribution in [0.2, 0.25) is 0 Å². The van der Waals surface area contributed by atoms with Crippen LogP contribution < -0.4 is 4.90 Å². The zero-order valence-corrected chi connectivity index (χ0v) is 12.2. The summed E-state index contributed by atoms with van der Waals surface area (Å²) in [6.45, 7) is 7.48. The zero-order chi connectivity index (χ0) is 14.0. The van der Waals surface area contributed by atoms with Crippen LogP contribution in [0.4, 0.5) is 5.82 Å². The molecule has 104 valence electrons. The molecule has 1 atom stereocenters. The maximum absolute atomic E-state index is 5.58. The molecule has 6 heteroatoms. The van der Waals surface area contributed by atoms with E-state index in [1.165, 1.54) is 0 Å². The molecule has 19 heavy (non-hydrogen) atoms. The van der Waals surface area contributed by atoms with Crippen LogP contribution in [-0.2, 0) is 11.8 Å². The second-order valence-corrected chi connectivity index (χ2v) is 4.75. The van der Waals surface area contributed by atoms with Crippen LogP contribution in [0, 0.1) is 6.92 Å². The lowest BCUT2D eigenvalue weighted by atomic mass is 10.3. The molecule has 0 radical (unpaired) electrons. The van der Waals surface area contributed by atoms with Crippen LogP contribution in [0.5, 0.6) is 0 Å². The van der Waals surface area contributed by atoms with E-state index in [-0.39, 0.29) is 6.10 Å². The van der Waals surface area contributed by atoms with Gasteiger partial charge in [-0.05, 0) is 20.8 Å². The molecule has 0 aliphatic heterocycles. The van der Waals surface area contributed by atoms with E-state index in [2.05, 4.69) is 26.9 Å². The van der Waals surface area contributed by atoms with Crippen molar-refractivity contribution in [2.24, 2.45) is 7.05 Å². The van der Waals surface area contributed by atoms with Crippen molar-refractivity contribution in [1.29, 1.82) is 0 Å². The third-order valence-electron chi connectivity index (χ3n) is 3.03. The Kier molecular flexibility index (Phi) is 3.99. The summed E-state index contributed by atoms with van der Waals surface area (Å²) < 4.78 is 7.35. The number of hydrogen-bond acceptors (Lipinski definition) is 5. The Labute approximate surface area is 113 Å². The Morgan fingerprint density at radius 2 is 2.16 bits per heavy atom. The first-order chi connectivity index (χ1) is 9.02. The van der Waals surface area contributed by atoms with Crippen molar-refractivity contribution in [3.8, 4) is 0 Å².